The van der Waals surface area contributed by atoms with E-state index in [0.717, 1.165) is 5.56 Å². The van der Waals surface area contributed by atoms with Gasteiger partial charge in [0.05, 0.1) is 24.5 Å². The number of carbonyl (C=O) groups excluding carboxylic acids is 2. The lowest BCUT2D eigenvalue weighted by Gasteiger charge is -2.19. The third-order valence-corrected chi connectivity index (χ3v) is 3.71. The fraction of sp³-hybridized carbons (Fsp3) is 0.250. The Labute approximate surface area is 156 Å². The highest BCUT2D eigenvalue weighted by Gasteiger charge is 2.22. The van der Waals surface area contributed by atoms with Gasteiger partial charge in [-0.2, -0.15) is 5.10 Å². The standard InChI is InChI=1S/C20H21N3O4/c1-20(2,3)27-19(25)21-14-10-11-15-16(18(24)26-4)17(22-23(15)12-14)13-8-6-5-7-9-13/h5-12H,1-4H3,(H,21,25). The second-order valence-electron chi connectivity index (χ2n) is 6.96. The summed E-state index contributed by atoms with van der Waals surface area (Å²) in [6, 6.07) is 12.8. The molecule has 0 aliphatic carbocycles. The van der Waals surface area contributed by atoms with E-state index in [0.29, 0.717) is 22.5 Å². The van der Waals surface area contributed by atoms with E-state index < -0.39 is 17.7 Å². The van der Waals surface area contributed by atoms with Crippen molar-refractivity contribution in [2.24, 2.45) is 0 Å². The predicted octanol–water partition coefficient (Wildman–Crippen LogP) is 4.13. The number of methoxy groups -OCH3 is 1. The molecule has 2 heterocycles. The molecule has 7 nitrogen and oxygen atoms in total. The first-order chi connectivity index (χ1) is 12.8. The molecule has 0 aliphatic heterocycles. The number of rotatable bonds is 3. The topological polar surface area (TPSA) is 81.9 Å². The molecule has 3 rings (SSSR count). The third kappa shape index (κ3) is 4.08. The molecule has 3 aromatic rings. The van der Waals surface area contributed by atoms with E-state index in [1.54, 1.807) is 43.6 Å². The highest BCUT2D eigenvalue weighted by molar-refractivity contribution is 6.03. The Morgan fingerprint density at radius 3 is 2.41 bits per heavy atom. The van der Waals surface area contributed by atoms with Gasteiger partial charge in [-0.15, -0.1) is 0 Å². The molecule has 0 radical (unpaired) electrons. The van der Waals surface area contributed by atoms with Crippen LogP contribution in [0.5, 0.6) is 0 Å². The Balaban J connectivity index is 2.02. The molecule has 27 heavy (non-hydrogen) atoms. The highest BCUT2D eigenvalue weighted by Crippen LogP contribution is 2.28. The van der Waals surface area contributed by atoms with Gasteiger partial charge in [0, 0.05) is 5.56 Å². The molecular formula is C20H21N3O4. The summed E-state index contributed by atoms with van der Waals surface area (Å²) >= 11 is 0. The maximum absolute atomic E-state index is 12.3. The van der Waals surface area contributed by atoms with E-state index in [-0.39, 0.29) is 0 Å². The van der Waals surface area contributed by atoms with Crippen molar-refractivity contribution in [1.29, 1.82) is 0 Å². The summed E-state index contributed by atoms with van der Waals surface area (Å²) in [5.41, 5.74) is 2.15. The van der Waals surface area contributed by atoms with E-state index in [4.69, 9.17) is 9.47 Å². The number of esters is 1. The van der Waals surface area contributed by atoms with E-state index in [1.165, 1.54) is 7.11 Å². The minimum absolute atomic E-state index is 0.368. The zero-order valence-corrected chi connectivity index (χ0v) is 15.6. The maximum Gasteiger partial charge on any atom is 0.412 e. The van der Waals surface area contributed by atoms with Gasteiger partial charge in [-0.05, 0) is 32.9 Å². The van der Waals surface area contributed by atoms with E-state index in [2.05, 4.69) is 10.4 Å². The van der Waals surface area contributed by atoms with Gasteiger partial charge in [-0.3, -0.25) is 5.32 Å². The Kier molecular flexibility index (Phi) is 4.85. The summed E-state index contributed by atoms with van der Waals surface area (Å²) in [5.74, 6) is -0.475. The van der Waals surface area contributed by atoms with Crippen LogP contribution in [-0.4, -0.2) is 34.4 Å². The SMILES string of the molecule is COC(=O)c1c(-c2ccccc2)nn2cc(NC(=O)OC(C)(C)C)ccc12. The van der Waals surface area contributed by atoms with Gasteiger partial charge in [0.2, 0.25) is 0 Å². The van der Waals surface area contributed by atoms with Crippen LogP contribution in [0.3, 0.4) is 0 Å². The smallest absolute Gasteiger partial charge is 0.412 e. The van der Waals surface area contributed by atoms with Gasteiger partial charge in [0.25, 0.3) is 0 Å². The molecular weight excluding hydrogens is 346 g/mol. The average molecular weight is 367 g/mol. The summed E-state index contributed by atoms with van der Waals surface area (Å²) < 4.78 is 11.7. The van der Waals surface area contributed by atoms with Crippen LogP contribution in [0, 0.1) is 0 Å². The van der Waals surface area contributed by atoms with Crippen LogP contribution < -0.4 is 5.32 Å². The first-order valence-electron chi connectivity index (χ1n) is 8.44. The number of pyridine rings is 1. The second kappa shape index (κ2) is 7.11. The number of ether oxygens (including phenoxy) is 2. The number of anilines is 1. The first-order valence-corrected chi connectivity index (χ1v) is 8.44. The number of amides is 1. The monoisotopic (exact) mass is 367 g/mol. The molecule has 0 unspecified atom stereocenters. The Morgan fingerprint density at radius 1 is 1.07 bits per heavy atom. The predicted molar refractivity (Wildman–Crippen MR) is 102 cm³/mol. The molecule has 140 valence electrons. The van der Waals surface area contributed by atoms with Crippen molar-refractivity contribution in [3.63, 3.8) is 0 Å². The van der Waals surface area contributed by atoms with Crippen LogP contribution in [-0.2, 0) is 9.47 Å². The molecule has 1 amide bonds. The Hall–Kier alpha value is -3.35. The molecule has 0 spiro atoms. The van der Waals surface area contributed by atoms with Gasteiger partial charge in [0.1, 0.15) is 16.9 Å². The fourth-order valence-electron chi connectivity index (χ4n) is 2.65. The molecule has 0 saturated heterocycles. The summed E-state index contributed by atoms with van der Waals surface area (Å²) in [6.45, 7) is 5.37. The highest BCUT2D eigenvalue weighted by atomic mass is 16.6. The van der Waals surface area contributed by atoms with Crippen molar-refractivity contribution >= 4 is 23.3 Å². The summed E-state index contributed by atoms with van der Waals surface area (Å²) in [7, 11) is 1.33. The summed E-state index contributed by atoms with van der Waals surface area (Å²) in [4.78, 5) is 24.3. The number of nitrogens with zero attached hydrogens (tertiary/aromatic N) is 2. The lowest BCUT2D eigenvalue weighted by molar-refractivity contribution is 0.0600. The molecule has 0 aliphatic rings. The molecule has 0 atom stereocenters. The van der Waals surface area contributed by atoms with E-state index in [9.17, 15) is 9.59 Å². The second-order valence-corrected chi connectivity index (χ2v) is 6.96. The van der Waals surface area contributed by atoms with Crippen molar-refractivity contribution in [1.82, 2.24) is 9.61 Å². The Bertz CT molecular complexity index is 988. The number of carbonyl (C=O) groups is 2. The minimum atomic E-state index is -0.599. The first kappa shape index (κ1) is 18.4. The van der Waals surface area contributed by atoms with Gasteiger partial charge in [-0.25, -0.2) is 14.1 Å². The van der Waals surface area contributed by atoms with Crippen molar-refractivity contribution in [3.05, 3.63) is 54.2 Å². The van der Waals surface area contributed by atoms with E-state index in [1.807, 2.05) is 30.3 Å². The zero-order chi connectivity index (χ0) is 19.6. The number of hydrogen-bond acceptors (Lipinski definition) is 5. The van der Waals surface area contributed by atoms with Gasteiger partial charge in [0.15, 0.2) is 0 Å². The van der Waals surface area contributed by atoms with Crippen molar-refractivity contribution < 1.29 is 19.1 Å². The molecule has 2 aromatic heterocycles. The average Bonchev–Trinajstić information content (AvgIpc) is 2.98. The van der Waals surface area contributed by atoms with E-state index >= 15 is 0 Å². The van der Waals surface area contributed by atoms with Gasteiger partial charge >= 0.3 is 12.1 Å². The number of benzene rings is 1. The summed E-state index contributed by atoms with van der Waals surface area (Å²) in [6.07, 6.45) is 1.06. The number of nitrogens with one attached hydrogen (secondary N) is 1. The minimum Gasteiger partial charge on any atom is -0.465 e. The molecule has 1 aromatic carbocycles. The maximum atomic E-state index is 12.3. The fourth-order valence-corrected chi connectivity index (χ4v) is 2.65. The van der Waals surface area contributed by atoms with Gasteiger partial charge in [-0.1, -0.05) is 30.3 Å². The summed E-state index contributed by atoms with van der Waals surface area (Å²) in [5, 5.41) is 7.18. The zero-order valence-electron chi connectivity index (χ0n) is 15.6. The van der Waals surface area contributed by atoms with Crippen LogP contribution in [0.25, 0.3) is 16.8 Å². The van der Waals surface area contributed by atoms with Crippen LogP contribution in [0.15, 0.2) is 48.7 Å². The lowest BCUT2D eigenvalue weighted by Crippen LogP contribution is -2.27. The quantitative estimate of drug-likeness (QED) is 0.704. The number of aromatic nitrogens is 2. The Morgan fingerprint density at radius 2 is 1.78 bits per heavy atom. The number of fused-ring (bicyclic) bond motifs is 1. The van der Waals surface area contributed by atoms with Crippen LogP contribution in [0.2, 0.25) is 0 Å². The van der Waals surface area contributed by atoms with Crippen LogP contribution in [0.1, 0.15) is 31.1 Å². The molecule has 1 N–H and O–H groups in total. The van der Waals surface area contributed by atoms with Crippen LogP contribution >= 0.6 is 0 Å². The molecule has 0 fully saturated rings. The van der Waals surface area contributed by atoms with Crippen molar-refractivity contribution in [3.8, 4) is 11.3 Å². The largest absolute Gasteiger partial charge is 0.465 e. The number of hydrogen-bond donors (Lipinski definition) is 1. The normalized spacial score (nSPS) is 11.3. The van der Waals surface area contributed by atoms with Crippen molar-refractivity contribution in [2.45, 2.75) is 26.4 Å². The van der Waals surface area contributed by atoms with Crippen molar-refractivity contribution in [2.75, 3.05) is 12.4 Å². The van der Waals surface area contributed by atoms with Gasteiger partial charge < -0.3 is 9.47 Å². The molecule has 0 saturated carbocycles. The third-order valence-electron chi connectivity index (χ3n) is 3.71. The molecule has 0 bridgehead atoms. The van der Waals surface area contributed by atoms with Crippen LogP contribution in [0.4, 0.5) is 10.5 Å². The lowest BCUT2D eigenvalue weighted by atomic mass is 10.1. The molecule has 7 heteroatoms.